The maximum absolute atomic E-state index is 12.5. The van der Waals surface area contributed by atoms with Gasteiger partial charge in [0.2, 0.25) is 5.95 Å². The van der Waals surface area contributed by atoms with E-state index >= 15 is 0 Å². The van der Waals surface area contributed by atoms with Crippen LogP contribution in [0.15, 0.2) is 60.8 Å². The van der Waals surface area contributed by atoms with Crippen molar-refractivity contribution >= 4 is 23.2 Å². The molecule has 0 aliphatic rings. The Morgan fingerprint density at radius 2 is 1.85 bits per heavy atom. The monoisotopic (exact) mass is 364 g/mol. The molecule has 2 aromatic carbocycles. The van der Waals surface area contributed by atoms with Crippen molar-refractivity contribution in [1.82, 2.24) is 9.97 Å². The second kappa shape index (κ2) is 8.66. The smallest absolute Gasteiger partial charge is 0.274 e. The first kappa shape index (κ1) is 18.2. The third kappa shape index (κ3) is 4.72. The lowest BCUT2D eigenvalue weighted by Gasteiger charge is -2.10. The summed E-state index contributed by atoms with van der Waals surface area (Å²) < 4.78 is 10.7. The summed E-state index contributed by atoms with van der Waals surface area (Å²) in [4.78, 5) is 20.9. The van der Waals surface area contributed by atoms with Crippen LogP contribution in [0.3, 0.4) is 0 Å². The Morgan fingerprint density at radius 1 is 1.07 bits per heavy atom. The summed E-state index contributed by atoms with van der Waals surface area (Å²) in [5.41, 5.74) is 1.61. The van der Waals surface area contributed by atoms with Crippen molar-refractivity contribution in [2.24, 2.45) is 0 Å². The molecular formula is C20H20N4O3. The predicted octanol–water partition coefficient (Wildman–Crippen LogP) is 3.88. The summed E-state index contributed by atoms with van der Waals surface area (Å²) in [5, 5.41) is 5.86. The first-order chi connectivity index (χ1) is 13.2. The average Bonchev–Trinajstić information content (AvgIpc) is 2.70. The lowest BCUT2D eigenvalue weighted by molar-refractivity contribution is 0.102. The van der Waals surface area contributed by atoms with Crippen molar-refractivity contribution in [1.29, 1.82) is 0 Å². The molecule has 1 heterocycles. The predicted molar refractivity (Wildman–Crippen MR) is 104 cm³/mol. The number of nitrogens with one attached hydrogen (secondary N) is 2. The number of methoxy groups -OCH3 is 1. The van der Waals surface area contributed by atoms with Crippen LogP contribution in [-0.4, -0.2) is 29.6 Å². The summed E-state index contributed by atoms with van der Waals surface area (Å²) in [7, 11) is 1.59. The van der Waals surface area contributed by atoms with Gasteiger partial charge in [0, 0.05) is 11.9 Å². The van der Waals surface area contributed by atoms with Crippen LogP contribution in [0.5, 0.6) is 11.5 Å². The van der Waals surface area contributed by atoms with Crippen LogP contribution in [0, 0.1) is 0 Å². The molecule has 0 unspecified atom stereocenters. The Bertz CT molecular complexity index is 913. The minimum absolute atomic E-state index is 0.247. The van der Waals surface area contributed by atoms with Gasteiger partial charge in [-0.1, -0.05) is 12.1 Å². The molecule has 7 heteroatoms. The number of hydrogen-bond acceptors (Lipinski definition) is 6. The molecule has 138 valence electrons. The molecule has 0 spiro atoms. The third-order valence-electron chi connectivity index (χ3n) is 3.66. The fourth-order valence-electron chi connectivity index (χ4n) is 2.41. The second-order valence-electron chi connectivity index (χ2n) is 5.50. The standard InChI is InChI=1S/C20H20N4O3/c1-3-27-15-10-8-14(9-11-15)22-19(25)17-12-13-21-20(24-17)23-16-6-4-5-7-18(16)26-2/h4-13H,3H2,1-2H3,(H,22,25)(H,21,23,24). The van der Waals surface area contributed by atoms with E-state index in [1.165, 1.54) is 6.20 Å². The van der Waals surface area contributed by atoms with Crippen molar-refractivity contribution in [2.75, 3.05) is 24.4 Å². The number of ether oxygens (including phenoxy) is 2. The molecule has 3 rings (SSSR count). The molecule has 2 N–H and O–H groups in total. The van der Waals surface area contributed by atoms with E-state index in [1.807, 2.05) is 31.2 Å². The second-order valence-corrected chi connectivity index (χ2v) is 5.50. The van der Waals surface area contributed by atoms with Gasteiger partial charge in [-0.25, -0.2) is 9.97 Å². The van der Waals surface area contributed by atoms with Crippen molar-refractivity contribution in [3.8, 4) is 11.5 Å². The van der Waals surface area contributed by atoms with E-state index < -0.39 is 0 Å². The zero-order valence-electron chi connectivity index (χ0n) is 15.1. The molecule has 0 aliphatic carbocycles. The summed E-state index contributed by atoms with van der Waals surface area (Å²) in [6.07, 6.45) is 1.53. The summed E-state index contributed by atoms with van der Waals surface area (Å²) >= 11 is 0. The Labute approximate surface area is 157 Å². The van der Waals surface area contributed by atoms with Gasteiger partial charge in [0.1, 0.15) is 17.2 Å². The topological polar surface area (TPSA) is 85.4 Å². The zero-order chi connectivity index (χ0) is 19.1. The van der Waals surface area contributed by atoms with E-state index in [4.69, 9.17) is 9.47 Å². The van der Waals surface area contributed by atoms with E-state index in [0.717, 1.165) is 5.75 Å². The fraction of sp³-hybridized carbons (Fsp3) is 0.150. The number of carbonyl (C=O) groups is 1. The molecule has 1 amide bonds. The maximum atomic E-state index is 12.5. The highest BCUT2D eigenvalue weighted by Crippen LogP contribution is 2.25. The van der Waals surface area contributed by atoms with Crippen LogP contribution in [-0.2, 0) is 0 Å². The van der Waals surface area contributed by atoms with Crippen LogP contribution in [0.2, 0.25) is 0 Å². The molecule has 0 radical (unpaired) electrons. The molecule has 0 aliphatic heterocycles. The van der Waals surface area contributed by atoms with Gasteiger partial charge >= 0.3 is 0 Å². The number of anilines is 3. The SMILES string of the molecule is CCOc1ccc(NC(=O)c2ccnc(Nc3ccccc3OC)n2)cc1. The van der Waals surface area contributed by atoms with Crippen LogP contribution < -0.4 is 20.1 Å². The third-order valence-corrected chi connectivity index (χ3v) is 3.66. The Balaban J connectivity index is 1.71. The van der Waals surface area contributed by atoms with E-state index in [2.05, 4.69) is 20.6 Å². The molecule has 0 fully saturated rings. The minimum Gasteiger partial charge on any atom is -0.495 e. The number of aromatic nitrogens is 2. The van der Waals surface area contributed by atoms with Crippen molar-refractivity contribution < 1.29 is 14.3 Å². The molecule has 1 aromatic heterocycles. The Hall–Kier alpha value is -3.61. The number of rotatable bonds is 7. The van der Waals surface area contributed by atoms with Crippen LogP contribution >= 0.6 is 0 Å². The quantitative estimate of drug-likeness (QED) is 0.662. The number of carbonyl (C=O) groups excluding carboxylic acids is 1. The molecule has 0 atom stereocenters. The highest BCUT2D eigenvalue weighted by atomic mass is 16.5. The van der Waals surface area contributed by atoms with E-state index in [9.17, 15) is 4.79 Å². The number of nitrogens with zero attached hydrogens (tertiary/aromatic N) is 2. The first-order valence-corrected chi connectivity index (χ1v) is 8.47. The van der Waals surface area contributed by atoms with E-state index in [0.29, 0.717) is 29.7 Å². The van der Waals surface area contributed by atoms with Gasteiger partial charge in [-0.2, -0.15) is 0 Å². The van der Waals surface area contributed by atoms with Crippen LogP contribution in [0.4, 0.5) is 17.3 Å². The maximum Gasteiger partial charge on any atom is 0.274 e. The van der Waals surface area contributed by atoms with Gasteiger partial charge < -0.3 is 20.1 Å². The van der Waals surface area contributed by atoms with E-state index in [1.54, 1.807) is 37.4 Å². The van der Waals surface area contributed by atoms with Gasteiger partial charge in [0.15, 0.2) is 0 Å². The molecule has 7 nitrogen and oxygen atoms in total. The van der Waals surface area contributed by atoms with Gasteiger partial charge in [0.05, 0.1) is 19.4 Å². The summed E-state index contributed by atoms with van der Waals surface area (Å²) in [5.74, 6) is 1.38. The lowest BCUT2D eigenvalue weighted by Crippen LogP contribution is -2.14. The summed E-state index contributed by atoms with van der Waals surface area (Å²) in [6.45, 7) is 2.51. The first-order valence-electron chi connectivity index (χ1n) is 8.47. The Morgan fingerprint density at radius 3 is 2.59 bits per heavy atom. The van der Waals surface area contributed by atoms with Crippen molar-refractivity contribution in [3.63, 3.8) is 0 Å². The minimum atomic E-state index is -0.329. The highest BCUT2D eigenvalue weighted by molar-refractivity contribution is 6.03. The molecule has 3 aromatic rings. The van der Waals surface area contributed by atoms with Crippen molar-refractivity contribution in [3.05, 3.63) is 66.5 Å². The van der Waals surface area contributed by atoms with Crippen molar-refractivity contribution in [2.45, 2.75) is 6.92 Å². The zero-order valence-corrected chi connectivity index (χ0v) is 15.1. The Kier molecular flexibility index (Phi) is 5.84. The number of benzene rings is 2. The molecule has 0 saturated heterocycles. The van der Waals surface area contributed by atoms with Crippen LogP contribution in [0.25, 0.3) is 0 Å². The number of hydrogen-bond donors (Lipinski definition) is 2. The van der Waals surface area contributed by atoms with Gasteiger partial charge in [-0.05, 0) is 49.4 Å². The molecule has 27 heavy (non-hydrogen) atoms. The normalized spacial score (nSPS) is 10.1. The largest absolute Gasteiger partial charge is 0.495 e. The average molecular weight is 364 g/mol. The van der Waals surface area contributed by atoms with E-state index in [-0.39, 0.29) is 11.6 Å². The van der Waals surface area contributed by atoms with Gasteiger partial charge in [0.25, 0.3) is 5.91 Å². The number of para-hydroxylation sites is 2. The summed E-state index contributed by atoms with van der Waals surface area (Å²) in [6, 6.07) is 16.1. The van der Waals surface area contributed by atoms with Crippen LogP contribution in [0.1, 0.15) is 17.4 Å². The number of amides is 1. The molecule has 0 bridgehead atoms. The fourth-order valence-corrected chi connectivity index (χ4v) is 2.41. The lowest BCUT2D eigenvalue weighted by atomic mass is 10.3. The molecular weight excluding hydrogens is 344 g/mol. The molecule has 0 saturated carbocycles. The van der Waals surface area contributed by atoms with Gasteiger partial charge in [-0.3, -0.25) is 4.79 Å². The highest BCUT2D eigenvalue weighted by Gasteiger charge is 2.11. The van der Waals surface area contributed by atoms with Gasteiger partial charge in [-0.15, -0.1) is 0 Å².